The number of amides is 4. The first-order valence-electron chi connectivity index (χ1n) is 12.7. The maximum Gasteiger partial charge on any atom is 0.322 e. The van der Waals surface area contributed by atoms with E-state index < -0.39 is 5.82 Å². The molecule has 1 fully saturated rings. The van der Waals surface area contributed by atoms with Crippen LogP contribution in [0.4, 0.5) is 26.2 Å². The van der Waals surface area contributed by atoms with E-state index in [0.29, 0.717) is 44.0 Å². The average molecular weight is 518 g/mol. The molecule has 1 aliphatic heterocycles. The quantitative estimate of drug-likeness (QED) is 0.455. The number of hydrogen-bond acceptors (Lipinski definition) is 4. The number of piperazine rings is 1. The summed E-state index contributed by atoms with van der Waals surface area (Å²) in [6, 6.07) is 22.2. The van der Waals surface area contributed by atoms with Crippen molar-refractivity contribution in [2.45, 2.75) is 13.3 Å². The lowest BCUT2D eigenvalue weighted by Crippen LogP contribution is -2.50. The van der Waals surface area contributed by atoms with Crippen molar-refractivity contribution in [2.24, 2.45) is 0 Å². The van der Waals surface area contributed by atoms with Gasteiger partial charge in [0.2, 0.25) is 5.91 Å². The van der Waals surface area contributed by atoms with Crippen LogP contribution in [-0.2, 0) is 4.79 Å². The predicted octanol–water partition coefficient (Wildman–Crippen LogP) is 4.67. The number of nitrogens with zero attached hydrogens (tertiary/aromatic N) is 3. The zero-order chi connectivity index (χ0) is 26.9. The second kappa shape index (κ2) is 12.7. The Labute approximate surface area is 222 Å². The van der Waals surface area contributed by atoms with Gasteiger partial charge in [-0.15, -0.1) is 0 Å². The van der Waals surface area contributed by atoms with Gasteiger partial charge in [-0.05, 0) is 55.0 Å². The van der Waals surface area contributed by atoms with Crippen LogP contribution in [0.15, 0.2) is 78.9 Å². The van der Waals surface area contributed by atoms with Gasteiger partial charge in [0, 0.05) is 49.7 Å². The number of carbonyl (C=O) groups is 3. The SMILES string of the molecule is CCCN(CC(=O)Nc1ccc(N2CCN(C(=O)Nc3ccccc3F)CC2)cc1)C(=O)c1ccccc1. The molecule has 1 heterocycles. The second-order valence-corrected chi connectivity index (χ2v) is 9.07. The van der Waals surface area contributed by atoms with Gasteiger partial charge in [0.25, 0.3) is 5.91 Å². The molecule has 1 saturated heterocycles. The van der Waals surface area contributed by atoms with Crippen LogP contribution >= 0.6 is 0 Å². The summed E-state index contributed by atoms with van der Waals surface area (Å²) in [7, 11) is 0. The van der Waals surface area contributed by atoms with Crippen molar-refractivity contribution in [3.63, 3.8) is 0 Å². The number of halogens is 1. The number of carbonyl (C=O) groups excluding carboxylic acids is 3. The van der Waals surface area contributed by atoms with Gasteiger partial charge in [0.15, 0.2) is 0 Å². The Hall–Kier alpha value is -4.40. The number of anilines is 3. The average Bonchev–Trinajstić information content (AvgIpc) is 2.94. The van der Waals surface area contributed by atoms with E-state index in [0.717, 1.165) is 12.1 Å². The number of rotatable bonds is 8. The van der Waals surface area contributed by atoms with E-state index in [1.54, 1.807) is 46.2 Å². The Morgan fingerprint density at radius 3 is 2.16 bits per heavy atom. The molecule has 0 aromatic heterocycles. The molecule has 198 valence electrons. The van der Waals surface area contributed by atoms with Crippen molar-refractivity contribution in [3.8, 4) is 0 Å². The minimum atomic E-state index is -0.465. The Kier molecular flexibility index (Phi) is 8.92. The van der Waals surface area contributed by atoms with Crippen LogP contribution in [0, 0.1) is 5.82 Å². The van der Waals surface area contributed by atoms with Gasteiger partial charge in [0.05, 0.1) is 5.69 Å². The minimum absolute atomic E-state index is 0.0276. The first-order chi connectivity index (χ1) is 18.4. The molecule has 3 aromatic rings. The molecule has 4 rings (SSSR count). The van der Waals surface area contributed by atoms with Crippen LogP contribution in [0.3, 0.4) is 0 Å². The first-order valence-corrected chi connectivity index (χ1v) is 12.7. The molecule has 0 saturated carbocycles. The molecule has 0 aliphatic carbocycles. The van der Waals surface area contributed by atoms with Crippen molar-refractivity contribution >= 4 is 34.9 Å². The topological polar surface area (TPSA) is 85.0 Å². The molecule has 0 atom stereocenters. The number of urea groups is 1. The maximum absolute atomic E-state index is 13.8. The zero-order valence-corrected chi connectivity index (χ0v) is 21.4. The summed E-state index contributed by atoms with van der Waals surface area (Å²) in [4.78, 5) is 43.4. The van der Waals surface area contributed by atoms with E-state index >= 15 is 0 Å². The van der Waals surface area contributed by atoms with E-state index in [9.17, 15) is 18.8 Å². The monoisotopic (exact) mass is 517 g/mol. The summed E-state index contributed by atoms with van der Waals surface area (Å²) in [5.41, 5.74) is 2.34. The molecule has 4 amide bonds. The van der Waals surface area contributed by atoms with E-state index in [1.165, 1.54) is 12.1 Å². The molecular formula is C29H32FN5O3. The van der Waals surface area contributed by atoms with Gasteiger partial charge in [-0.1, -0.05) is 37.3 Å². The van der Waals surface area contributed by atoms with Gasteiger partial charge < -0.3 is 25.3 Å². The van der Waals surface area contributed by atoms with Gasteiger partial charge in [-0.25, -0.2) is 9.18 Å². The standard InChI is InChI=1S/C29H32FN5O3/c1-2-16-35(28(37)22-8-4-3-5-9-22)21-27(36)31-23-12-14-24(15-13-23)33-17-19-34(20-18-33)29(38)32-26-11-7-6-10-25(26)30/h3-15H,2,16-21H2,1H3,(H,31,36)(H,32,38). The lowest BCUT2D eigenvalue weighted by atomic mass is 10.2. The van der Waals surface area contributed by atoms with Crippen LogP contribution in [-0.4, -0.2) is 66.9 Å². The molecule has 0 spiro atoms. The molecule has 9 heteroatoms. The third-order valence-corrected chi connectivity index (χ3v) is 6.33. The molecule has 0 unspecified atom stereocenters. The normalized spacial score (nSPS) is 13.1. The number of nitrogens with one attached hydrogen (secondary N) is 2. The highest BCUT2D eigenvalue weighted by Gasteiger charge is 2.22. The van der Waals surface area contributed by atoms with Crippen molar-refractivity contribution < 1.29 is 18.8 Å². The van der Waals surface area contributed by atoms with Crippen LogP contribution in [0.5, 0.6) is 0 Å². The molecular weight excluding hydrogens is 485 g/mol. The van der Waals surface area contributed by atoms with E-state index in [2.05, 4.69) is 15.5 Å². The lowest BCUT2D eigenvalue weighted by molar-refractivity contribution is -0.116. The van der Waals surface area contributed by atoms with Crippen LogP contribution in [0.25, 0.3) is 0 Å². The fraction of sp³-hybridized carbons (Fsp3) is 0.276. The van der Waals surface area contributed by atoms with Crippen LogP contribution in [0.2, 0.25) is 0 Å². The number of para-hydroxylation sites is 1. The summed E-state index contributed by atoms with van der Waals surface area (Å²) in [6.07, 6.45) is 0.749. The number of benzene rings is 3. The predicted molar refractivity (Wildman–Crippen MR) is 147 cm³/mol. The lowest BCUT2D eigenvalue weighted by Gasteiger charge is -2.36. The van der Waals surface area contributed by atoms with Crippen molar-refractivity contribution in [1.29, 1.82) is 0 Å². The van der Waals surface area contributed by atoms with E-state index in [4.69, 9.17) is 0 Å². The Morgan fingerprint density at radius 2 is 1.50 bits per heavy atom. The Bertz CT molecular complexity index is 1240. The first kappa shape index (κ1) is 26.7. The largest absolute Gasteiger partial charge is 0.368 e. The Balaban J connectivity index is 1.27. The van der Waals surface area contributed by atoms with Gasteiger partial charge >= 0.3 is 6.03 Å². The van der Waals surface area contributed by atoms with Gasteiger partial charge in [-0.2, -0.15) is 0 Å². The number of hydrogen-bond donors (Lipinski definition) is 2. The second-order valence-electron chi connectivity index (χ2n) is 9.07. The molecule has 0 bridgehead atoms. The summed E-state index contributed by atoms with van der Waals surface area (Å²) in [5, 5.41) is 5.50. The van der Waals surface area contributed by atoms with Crippen LogP contribution < -0.4 is 15.5 Å². The van der Waals surface area contributed by atoms with Crippen LogP contribution in [0.1, 0.15) is 23.7 Å². The maximum atomic E-state index is 13.8. The fourth-order valence-electron chi connectivity index (χ4n) is 4.34. The minimum Gasteiger partial charge on any atom is -0.368 e. The molecule has 8 nitrogen and oxygen atoms in total. The third-order valence-electron chi connectivity index (χ3n) is 6.33. The van der Waals surface area contributed by atoms with E-state index in [-0.39, 0.29) is 30.1 Å². The molecule has 1 aliphatic rings. The van der Waals surface area contributed by atoms with Gasteiger partial charge in [0.1, 0.15) is 12.4 Å². The molecule has 3 aromatic carbocycles. The van der Waals surface area contributed by atoms with Crippen molar-refractivity contribution in [3.05, 3.63) is 90.2 Å². The summed E-state index contributed by atoms with van der Waals surface area (Å²) in [5.74, 6) is -0.892. The summed E-state index contributed by atoms with van der Waals surface area (Å²) >= 11 is 0. The highest BCUT2D eigenvalue weighted by Crippen LogP contribution is 2.21. The van der Waals surface area contributed by atoms with Gasteiger partial charge in [-0.3, -0.25) is 9.59 Å². The van der Waals surface area contributed by atoms with E-state index in [1.807, 2.05) is 37.3 Å². The highest BCUT2D eigenvalue weighted by atomic mass is 19.1. The molecule has 38 heavy (non-hydrogen) atoms. The molecule has 2 N–H and O–H groups in total. The Morgan fingerprint density at radius 1 is 0.842 bits per heavy atom. The molecule has 0 radical (unpaired) electrons. The zero-order valence-electron chi connectivity index (χ0n) is 21.4. The summed E-state index contributed by atoms with van der Waals surface area (Å²) < 4.78 is 13.8. The fourth-order valence-corrected chi connectivity index (χ4v) is 4.34. The summed E-state index contributed by atoms with van der Waals surface area (Å²) in [6.45, 7) is 4.69. The smallest absolute Gasteiger partial charge is 0.322 e. The van der Waals surface area contributed by atoms with Crippen molar-refractivity contribution in [1.82, 2.24) is 9.80 Å². The highest BCUT2D eigenvalue weighted by molar-refractivity contribution is 5.99. The third kappa shape index (κ3) is 6.88. The van der Waals surface area contributed by atoms with Crippen molar-refractivity contribution in [2.75, 3.05) is 54.8 Å².